The molecule has 2 aliphatic rings. The minimum absolute atomic E-state index is 0.0846. The summed E-state index contributed by atoms with van der Waals surface area (Å²) in [6.45, 7) is 85.9. The van der Waals surface area contributed by atoms with Crippen LogP contribution in [0.4, 0.5) is 0 Å². The SMILES string of the molecule is CC1=NC(C(C)(C)C)=CC1.CC1=NCC(C(C)(C)C)=C1.Cc1cc(C(C)(C)C)on1.Cc1nc(C(C)(C)C)co1.Cc1nc(C(C)(C)C)cs1.Cc1ncc(C(C)(C)C)n1C.Cc1ncc(C(C)(C)C)o1.Cc1ncc(C(C)(C)C)s1.Cc1nocc1C(C)(C)C.Cc1nscc1C(C)(C)C. The molecule has 2 aliphatic heterocycles. The molecule has 0 aliphatic carbocycles. The molecule has 0 N–H and O–H groups in total. The Kier molecular flexibility index (Phi) is 34.9. The summed E-state index contributed by atoms with van der Waals surface area (Å²) in [4.78, 5) is 31.2. The first kappa shape index (κ1) is 92.8. The van der Waals surface area contributed by atoms with Gasteiger partial charge in [0, 0.05) is 122 Å². The average Bonchev–Trinajstić information content (AvgIpc) is 1.70. The fourth-order valence-corrected chi connectivity index (χ4v) is 11.4. The van der Waals surface area contributed by atoms with Gasteiger partial charge in [0.25, 0.3) is 0 Å². The Hall–Kier alpha value is -6.24. The first-order valence-corrected chi connectivity index (χ1v) is 37.9. The van der Waals surface area contributed by atoms with Crippen LogP contribution in [-0.2, 0) is 50.4 Å². The highest BCUT2D eigenvalue weighted by Crippen LogP contribution is 2.33. The van der Waals surface area contributed by atoms with Gasteiger partial charge in [-0.15, -0.1) is 22.7 Å². The van der Waals surface area contributed by atoms with Crippen molar-refractivity contribution in [1.29, 1.82) is 0 Å². The van der Waals surface area contributed by atoms with Gasteiger partial charge >= 0.3 is 0 Å². The van der Waals surface area contributed by atoms with Crippen LogP contribution < -0.4 is 0 Å². The quantitative estimate of drug-likeness (QED) is 0.140. The first-order chi connectivity index (χ1) is 45.5. The third kappa shape index (κ3) is 35.2. The van der Waals surface area contributed by atoms with Gasteiger partial charge in [-0.05, 0) is 106 Å². The molecule has 8 aromatic heterocycles. The predicted molar refractivity (Wildman–Crippen MR) is 434 cm³/mol. The lowest BCUT2D eigenvalue weighted by Crippen LogP contribution is -2.16. The maximum atomic E-state index is 5.34. The number of aromatic nitrogens is 9. The van der Waals surface area contributed by atoms with E-state index in [2.05, 4.69) is 313 Å². The summed E-state index contributed by atoms with van der Waals surface area (Å²) in [6, 6.07) is 1.97. The molecule has 0 fully saturated rings. The van der Waals surface area contributed by atoms with Crippen LogP contribution in [-0.4, -0.2) is 62.1 Å². The van der Waals surface area contributed by atoms with Crippen molar-refractivity contribution in [3.63, 3.8) is 0 Å². The molecule has 0 unspecified atom stereocenters. The summed E-state index contributed by atoms with van der Waals surface area (Å²) in [6.07, 6.45) is 14.6. The van der Waals surface area contributed by atoms with E-state index in [-0.39, 0.29) is 48.7 Å². The highest BCUT2D eigenvalue weighted by molar-refractivity contribution is 7.11. The number of imidazole rings is 1. The second kappa shape index (κ2) is 38.0. The molecule has 18 heteroatoms. The number of hydrogen-bond donors (Lipinski definition) is 0. The van der Waals surface area contributed by atoms with Gasteiger partial charge in [-0.1, -0.05) is 224 Å². The van der Waals surface area contributed by atoms with Crippen LogP contribution in [0.5, 0.6) is 0 Å². The minimum Gasteiger partial charge on any atom is -0.449 e. The van der Waals surface area contributed by atoms with E-state index in [1.165, 1.54) is 55.8 Å². The van der Waals surface area contributed by atoms with E-state index in [4.69, 9.17) is 17.9 Å². The maximum Gasteiger partial charge on any atom is 0.191 e. The number of hydrogen-bond acceptors (Lipinski definition) is 17. The lowest BCUT2D eigenvalue weighted by Gasteiger charge is -2.18. The number of allylic oxidation sites excluding steroid dienone is 3. The van der Waals surface area contributed by atoms with Crippen molar-refractivity contribution in [2.75, 3.05) is 6.54 Å². The molecule has 10 heterocycles. The van der Waals surface area contributed by atoms with Crippen LogP contribution >= 0.6 is 34.2 Å². The van der Waals surface area contributed by atoms with Crippen molar-refractivity contribution in [3.8, 4) is 0 Å². The molecule has 8 aromatic rings. The van der Waals surface area contributed by atoms with E-state index in [1.54, 1.807) is 52.9 Å². The average molecular weight is 1450 g/mol. The standard InChI is InChI=1S/C9H16N2.2C9H15N.4C8H13NO.3C8H13NS/c1-7-10-6-8(11(7)5)9(2,3)4;1-7-5-8(6-10-7)9(2,3)4;1-7-5-6-8(10-7)9(2,3)4;1-6-9-7(5-10-6)8(2,3)4;1-6-9-5-7(10-6)8(2,3)4;1-6-7(5-10-9-6)8(2,3)4;1-6-5-7(10-9-6)8(2,3)4;1-6-9-7(5-10-6)8(2,3)4;1-6-9-5-7(10-6)8(2,3)4;1-6-7(5-10-9-6)8(2,3)4/h6H,1-5H3;5H,6H2,1-4H3;6H,5H2,1-4H3;7*5H,1-4H3. The second-order valence-corrected chi connectivity index (χ2v) is 39.4. The zero-order valence-corrected chi connectivity index (χ0v) is 73.4. The highest BCUT2D eigenvalue weighted by Gasteiger charge is 2.25. The van der Waals surface area contributed by atoms with Gasteiger partial charge in [0.1, 0.15) is 29.9 Å². The van der Waals surface area contributed by atoms with E-state index >= 15 is 0 Å². The van der Waals surface area contributed by atoms with E-state index < -0.39 is 0 Å². The molecule has 0 aromatic carbocycles. The lowest BCUT2D eigenvalue weighted by atomic mass is 9.87. The topological polar surface area (TPSA) is 185 Å². The van der Waals surface area contributed by atoms with Gasteiger partial charge in [-0.3, -0.25) is 9.98 Å². The van der Waals surface area contributed by atoms with Crippen LogP contribution in [0.15, 0.2) is 99.2 Å². The van der Waals surface area contributed by atoms with Gasteiger partial charge < -0.3 is 22.4 Å². The smallest absolute Gasteiger partial charge is 0.191 e. The monoisotopic (exact) mass is 1450 g/mol. The van der Waals surface area contributed by atoms with Gasteiger partial charge in [0.15, 0.2) is 11.8 Å². The molecule has 0 radical (unpaired) electrons. The number of oxazole rings is 2. The van der Waals surface area contributed by atoms with Crippen LogP contribution in [0.3, 0.4) is 0 Å². The summed E-state index contributed by atoms with van der Waals surface area (Å²) in [5, 5.41) is 14.2. The Balaban J connectivity index is 0.000000561. The zero-order chi connectivity index (χ0) is 78.6. The number of nitrogens with zero attached hydrogens (tertiary/aromatic N) is 11. The molecule has 0 atom stereocenters. The molecule has 0 bridgehead atoms. The van der Waals surface area contributed by atoms with Crippen LogP contribution in [0.2, 0.25) is 0 Å². The molecule has 566 valence electrons. The molecule has 10 rings (SSSR count). The van der Waals surface area contributed by atoms with E-state index in [9.17, 15) is 0 Å². The Labute approximate surface area is 625 Å². The number of aryl methyl sites for hydroxylation is 8. The van der Waals surface area contributed by atoms with Gasteiger partial charge in [-0.25, -0.2) is 24.9 Å². The Morgan fingerprint density at radius 1 is 0.485 bits per heavy atom. The lowest BCUT2D eigenvalue weighted by molar-refractivity contribution is 0.327. The summed E-state index contributed by atoms with van der Waals surface area (Å²) in [7, 11) is 2.06. The van der Waals surface area contributed by atoms with Crippen LogP contribution in [0.25, 0.3) is 0 Å². The Bertz CT molecular complexity index is 3500. The molecule has 0 saturated carbocycles. The molecular weight excluding hydrogens is 1310 g/mol. The van der Waals surface area contributed by atoms with E-state index in [0.29, 0.717) is 5.41 Å². The summed E-state index contributed by atoms with van der Waals surface area (Å²) < 4.78 is 26.7. The number of rotatable bonds is 0. The maximum absolute atomic E-state index is 5.34. The molecule has 15 nitrogen and oxygen atoms in total. The fraction of sp³-hybridized carbons (Fsp3) is 0.639. The molecular formula is C83H137N11O4S3. The normalized spacial score (nSPS) is 13.4. The van der Waals surface area contributed by atoms with Crippen molar-refractivity contribution in [3.05, 3.63) is 161 Å². The molecule has 0 amide bonds. The summed E-state index contributed by atoms with van der Waals surface area (Å²) in [5.74, 6) is 4.46. The van der Waals surface area contributed by atoms with Crippen molar-refractivity contribution >= 4 is 45.6 Å². The highest BCUT2D eigenvalue weighted by atomic mass is 32.1. The van der Waals surface area contributed by atoms with Crippen molar-refractivity contribution < 1.29 is 17.9 Å². The molecule has 0 spiro atoms. The number of thiazole rings is 2. The molecule has 0 saturated heterocycles. The minimum atomic E-state index is 0.0846. The van der Waals surface area contributed by atoms with Crippen LogP contribution in [0, 0.1) is 66.2 Å². The Morgan fingerprint density at radius 2 is 1.05 bits per heavy atom. The van der Waals surface area contributed by atoms with Gasteiger partial charge in [0.05, 0.1) is 51.2 Å². The molecule has 101 heavy (non-hydrogen) atoms. The largest absolute Gasteiger partial charge is 0.449 e. The Morgan fingerprint density at radius 3 is 1.25 bits per heavy atom. The van der Waals surface area contributed by atoms with E-state index in [0.717, 1.165) is 69.2 Å². The fourth-order valence-electron chi connectivity index (χ4n) is 8.79. The summed E-state index contributed by atoms with van der Waals surface area (Å²) >= 11 is 5.05. The third-order valence-electron chi connectivity index (χ3n) is 15.5. The van der Waals surface area contributed by atoms with Gasteiger partial charge in [-0.2, -0.15) is 4.37 Å². The van der Waals surface area contributed by atoms with Gasteiger partial charge in [0.2, 0.25) is 0 Å². The zero-order valence-electron chi connectivity index (χ0n) is 71.0. The van der Waals surface area contributed by atoms with Crippen LogP contribution in [0.1, 0.15) is 317 Å². The first-order valence-electron chi connectivity index (χ1n) is 35.4. The predicted octanol–water partition coefficient (Wildman–Crippen LogP) is 24.6. The third-order valence-corrected chi connectivity index (χ3v) is 18.3. The van der Waals surface area contributed by atoms with E-state index in [1.807, 2.05) is 66.9 Å². The number of aliphatic imine (C=N–C) groups is 2. The van der Waals surface area contributed by atoms with Crippen molar-refractivity contribution in [2.24, 2.45) is 27.9 Å². The van der Waals surface area contributed by atoms with Crippen molar-refractivity contribution in [2.45, 2.75) is 327 Å². The van der Waals surface area contributed by atoms with Crippen molar-refractivity contribution in [1.82, 2.24) is 44.2 Å². The second-order valence-electron chi connectivity index (χ2n) is 36.5. The summed E-state index contributed by atoms with van der Waals surface area (Å²) in [5.41, 5.74) is 16.2.